The Morgan fingerprint density at radius 1 is 0.969 bits per heavy atom. The van der Waals surface area contributed by atoms with E-state index in [0.29, 0.717) is 25.0 Å². The number of anilines is 1. The van der Waals surface area contributed by atoms with Crippen LogP contribution in [0.15, 0.2) is 66.4 Å². The van der Waals surface area contributed by atoms with Gasteiger partial charge in [-0.1, -0.05) is 30.3 Å². The van der Waals surface area contributed by atoms with Gasteiger partial charge in [-0.15, -0.1) is 12.4 Å². The number of carbonyl (C=O) groups is 1. The van der Waals surface area contributed by atoms with Gasteiger partial charge in [-0.2, -0.15) is 0 Å². The molecule has 0 spiro atoms. The molecule has 0 atom stereocenters. The Bertz CT molecular complexity index is 1170. The summed E-state index contributed by atoms with van der Waals surface area (Å²) < 4.78 is 6.00. The number of aromatic nitrogens is 1. The molecule has 0 bridgehead atoms. The number of carboxylic acid groups (broad SMARTS) is 1. The zero-order valence-electron chi connectivity index (χ0n) is 17.6. The van der Waals surface area contributed by atoms with Crippen LogP contribution in [-0.2, 0) is 24.1 Å². The van der Waals surface area contributed by atoms with Gasteiger partial charge in [0.25, 0.3) is 0 Å². The number of carboxylic acids is 1. The maximum Gasteiger partial charge on any atom is 0.332 e. The van der Waals surface area contributed by atoms with E-state index in [1.165, 1.54) is 16.7 Å². The normalized spacial score (nSPS) is 13.5. The number of rotatable bonds is 7. The minimum atomic E-state index is -0.806. The van der Waals surface area contributed by atoms with Crippen LogP contribution in [0.4, 0.5) is 5.82 Å². The number of allylic oxidation sites excluding steroid dienone is 1. The quantitative estimate of drug-likeness (QED) is 0.502. The summed E-state index contributed by atoms with van der Waals surface area (Å²) in [6.07, 6.45) is 4.63. The highest BCUT2D eigenvalue weighted by atomic mass is 35.5. The van der Waals surface area contributed by atoms with Crippen LogP contribution in [0, 0.1) is 0 Å². The van der Waals surface area contributed by atoms with Crippen LogP contribution in [-0.4, -0.2) is 29.2 Å². The second-order valence-corrected chi connectivity index (χ2v) is 8.02. The topological polar surface area (TPSA) is 71.5 Å². The molecule has 0 saturated heterocycles. The molecule has 0 fully saturated rings. The Kier molecular flexibility index (Phi) is 6.47. The van der Waals surface area contributed by atoms with E-state index in [9.17, 15) is 9.90 Å². The van der Waals surface area contributed by atoms with E-state index in [1.54, 1.807) is 6.20 Å². The summed E-state index contributed by atoms with van der Waals surface area (Å²) >= 11 is 0. The van der Waals surface area contributed by atoms with Gasteiger partial charge in [0, 0.05) is 24.7 Å². The predicted molar refractivity (Wildman–Crippen MR) is 128 cm³/mol. The number of hydrogen-bond acceptors (Lipinski definition) is 4. The van der Waals surface area contributed by atoms with Gasteiger partial charge in [-0.25, -0.2) is 9.78 Å². The standard InChI is InChI=1S/C26H24N2O3.ClH/c29-26(30)23-16-19-6-3-5-18-13-20-14-21(9-8-17(20)15-22(23)25(18)19)31-12-4-11-28-24-7-1-2-10-27-24;/h1-3,5-10,14H,4,11-13,15-16H2,(H,27,28)(H,29,30);1H. The third-order valence-corrected chi connectivity index (χ3v) is 6.02. The van der Waals surface area contributed by atoms with E-state index >= 15 is 0 Å². The molecule has 0 amide bonds. The second kappa shape index (κ2) is 9.45. The number of ether oxygens (including phenoxy) is 1. The Morgan fingerprint density at radius 2 is 1.81 bits per heavy atom. The summed E-state index contributed by atoms with van der Waals surface area (Å²) in [6, 6.07) is 18.2. The molecule has 5 rings (SSSR count). The summed E-state index contributed by atoms with van der Waals surface area (Å²) in [7, 11) is 0. The van der Waals surface area contributed by atoms with Crippen LogP contribution < -0.4 is 10.1 Å². The SMILES string of the molecule is Cl.O=C(O)C1=C2Cc3ccc(OCCCNc4ccccn4)cc3Cc3cccc(c32)C1. The first kappa shape index (κ1) is 21.9. The molecular weight excluding hydrogens is 424 g/mol. The van der Waals surface area contributed by atoms with E-state index in [-0.39, 0.29) is 12.4 Å². The van der Waals surface area contributed by atoms with Crippen LogP contribution >= 0.6 is 12.4 Å². The zero-order valence-corrected chi connectivity index (χ0v) is 18.5. The van der Waals surface area contributed by atoms with Crippen molar-refractivity contribution in [3.63, 3.8) is 0 Å². The predicted octanol–water partition coefficient (Wildman–Crippen LogP) is 4.93. The minimum absolute atomic E-state index is 0. The largest absolute Gasteiger partial charge is 0.494 e. The lowest BCUT2D eigenvalue weighted by molar-refractivity contribution is -0.132. The average molecular weight is 449 g/mol. The lowest BCUT2D eigenvalue weighted by Crippen LogP contribution is -2.08. The molecule has 0 aliphatic heterocycles. The van der Waals surface area contributed by atoms with Crippen LogP contribution in [0.2, 0.25) is 0 Å². The Morgan fingerprint density at radius 3 is 2.59 bits per heavy atom. The molecule has 3 aromatic rings. The Balaban J connectivity index is 0.00000245. The molecule has 0 unspecified atom stereocenters. The first-order valence-electron chi connectivity index (χ1n) is 10.6. The van der Waals surface area contributed by atoms with Gasteiger partial charge in [0.1, 0.15) is 11.6 Å². The Labute approximate surface area is 193 Å². The van der Waals surface area contributed by atoms with Gasteiger partial charge >= 0.3 is 5.97 Å². The van der Waals surface area contributed by atoms with E-state index in [0.717, 1.165) is 47.7 Å². The molecule has 5 nitrogen and oxygen atoms in total. The first-order chi connectivity index (χ1) is 15.2. The molecule has 164 valence electrons. The molecule has 0 saturated carbocycles. The fourth-order valence-electron chi connectivity index (χ4n) is 4.55. The fraction of sp³-hybridized carbons (Fsp3) is 0.231. The van der Waals surface area contributed by atoms with Gasteiger partial charge in [0.05, 0.1) is 6.61 Å². The van der Waals surface area contributed by atoms with Crippen LogP contribution in [0.25, 0.3) is 5.57 Å². The molecular formula is C26H25ClN2O3. The summed E-state index contributed by atoms with van der Waals surface area (Å²) in [4.78, 5) is 16.1. The smallest absolute Gasteiger partial charge is 0.332 e. The zero-order chi connectivity index (χ0) is 21.2. The number of nitrogens with one attached hydrogen (secondary N) is 1. The Hall–Kier alpha value is -3.31. The van der Waals surface area contributed by atoms with Crippen molar-refractivity contribution in [1.82, 2.24) is 4.98 Å². The van der Waals surface area contributed by atoms with Crippen molar-refractivity contribution in [2.24, 2.45) is 0 Å². The highest BCUT2D eigenvalue weighted by Gasteiger charge is 2.30. The summed E-state index contributed by atoms with van der Waals surface area (Å²) in [6.45, 7) is 1.41. The summed E-state index contributed by atoms with van der Waals surface area (Å²) in [5, 5.41) is 13.0. The van der Waals surface area contributed by atoms with Crippen LogP contribution in [0.5, 0.6) is 5.75 Å². The van der Waals surface area contributed by atoms with Gasteiger partial charge in [-0.3, -0.25) is 0 Å². The number of halogens is 1. The van der Waals surface area contributed by atoms with Gasteiger partial charge in [0.2, 0.25) is 0 Å². The van der Waals surface area contributed by atoms with E-state index < -0.39 is 5.97 Å². The van der Waals surface area contributed by atoms with E-state index in [1.807, 2.05) is 30.3 Å². The number of nitrogens with zero attached hydrogens (tertiary/aromatic N) is 1. The molecule has 32 heavy (non-hydrogen) atoms. The van der Waals surface area contributed by atoms with Crippen molar-refractivity contribution in [2.75, 3.05) is 18.5 Å². The number of pyridine rings is 1. The van der Waals surface area contributed by atoms with Crippen molar-refractivity contribution in [2.45, 2.75) is 25.7 Å². The molecule has 1 heterocycles. The number of hydrogen-bond donors (Lipinski definition) is 2. The highest BCUT2D eigenvalue weighted by Crippen LogP contribution is 2.41. The molecule has 2 aromatic carbocycles. The van der Waals surface area contributed by atoms with Gasteiger partial charge in [-0.05, 0) is 76.9 Å². The molecule has 0 radical (unpaired) electrons. The van der Waals surface area contributed by atoms with Crippen molar-refractivity contribution >= 4 is 29.8 Å². The number of aliphatic carboxylic acids is 1. The number of benzene rings is 2. The van der Waals surface area contributed by atoms with Crippen molar-refractivity contribution in [1.29, 1.82) is 0 Å². The maximum atomic E-state index is 11.8. The van der Waals surface area contributed by atoms with E-state index in [2.05, 4.69) is 34.6 Å². The molecule has 2 N–H and O–H groups in total. The first-order valence-corrected chi connectivity index (χ1v) is 10.6. The third kappa shape index (κ3) is 4.34. The monoisotopic (exact) mass is 448 g/mol. The second-order valence-electron chi connectivity index (χ2n) is 8.02. The lowest BCUT2D eigenvalue weighted by Gasteiger charge is -2.12. The van der Waals surface area contributed by atoms with E-state index in [4.69, 9.17) is 4.74 Å². The summed E-state index contributed by atoms with van der Waals surface area (Å²) in [5.41, 5.74) is 7.40. The fourth-order valence-corrected chi connectivity index (χ4v) is 4.55. The molecule has 2 aliphatic rings. The van der Waals surface area contributed by atoms with Crippen molar-refractivity contribution in [3.8, 4) is 5.75 Å². The summed E-state index contributed by atoms with van der Waals surface area (Å²) in [5.74, 6) is 0.925. The van der Waals surface area contributed by atoms with Crippen LogP contribution in [0.1, 0.15) is 34.2 Å². The molecule has 2 aliphatic carbocycles. The molecule has 6 heteroatoms. The van der Waals surface area contributed by atoms with Crippen molar-refractivity contribution < 1.29 is 14.6 Å². The van der Waals surface area contributed by atoms with Gasteiger partial charge in [0.15, 0.2) is 0 Å². The maximum absolute atomic E-state index is 11.8. The minimum Gasteiger partial charge on any atom is -0.494 e. The van der Waals surface area contributed by atoms with Crippen LogP contribution in [0.3, 0.4) is 0 Å². The van der Waals surface area contributed by atoms with Crippen molar-refractivity contribution in [3.05, 3.63) is 94.2 Å². The lowest BCUT2D eigenvalue weighted by atomic mass is 9.97. The molecule has 1 aromatic heterocycles. The van der Waals surface area contributed by atoms with Gasteiger partial charge < -0.3 is 15.2 Å². The number of fused-ring (bicyclic) bond motifs is 1. The highest BCUT2D eigenvalue weighted by molar-refractivity contribution is 6.01. The average Bonchev–Trinajstić information content (AvgIpc) is 3.06. The third-order valence-electron chi connectivity index (χ3n) is 6.02.